The highest BCUT2D eigenvalue weighted by atomic mass is 32.1. The number of carbonyl (C=O) groups is 1. The maximum atomic E-state index is 13.2. The average molecular weight is 410 g/mol. The van der Waals surface area contributed by atoms with Crippen LogP contribution in [0.25, 0.3) is 10.2 Å². The van der Waals surface area contributed by atoms with Crippen molar-refractivity contribution in [2.24, 2.45) is 0 Å². The molecule has 2 aromatic rings. The Morgan fingerprint density at radius 2 is 1.96 bits per heavy atom. The van der Waals surface area contributed by atoms with Gasteiger partial charge < -0.3 is 19.7 Å². The van der Waals surface area contributed by atoms with Crippen molar-refractivity contribution in [1.82, 2.24) is 19.4 Å². The minimum absolute atomic E-state index is 0.111. The summed E-state index contributed by atoms with van der Waals surface area (Å²) in [7, 11) is 3.11. The van der Waals surface area contributed by atoms with Gasteiger partial charge in [-0.2, -0.15) is 0 Å². The number of rotatable bonds is 8. The van der Waals surface area contributed by atoms with Crippen molar-refractivity contribution in [1.29, 1.82) is 0 Å². The lowest BCUT2D eigenvalue weighted by Crippen LogP contribution is -2.43. The lowest BCUT2D eigenvalue weighted by molar-refractivity contribution is 0.156. The normalized spacial score (nSPS) is 15.4. The summed E-state index contributed by atoms with van der Waals surface area (Å²) in [5.74, 6) is 0. The molecule has 2 amide bonds. The van der Waals surface area contributed by atoms with E-state index >= 15 is 0 Å². The van der Waals surface area contributed by atoms with Crippen molar-refractivity contribution in [2.75, 3.05) is 40.5 Å². The van der Waals surface area contributed by atoms with Gasteiger partial charge >= 0.3 is 11.7 Å². The van der Waals surface area contributed by atoms with Gasteiger partial charge in [-0.25, -0.2) is 9.59 Å². The largest absolute Gasteiger partial charge is 0.383 e. The molecule has 1 atom stereocenters. The molecule has 0 aliphatic carbocycles. The number of carbonyl (C=O) groups excluding carboxylic acids is 1. The van der Waals surface area contributed by atoms with Gasteiger partial charge in [0.1, 0.15) is 4.83 Å². The highest BCUT2D eigenvalue weighted by molar-refractivity contribution is 7.18. The molecule has 154 valence electrons. The van der Waals surface area contributed by atoms with Crippen LogP contribution in [0, 0.1) is 6.92 Å². The fourth-order valence-electron chi connectivity index (χ4n) is 3.48. The highest BCUT2D eigenvalue weighted by Gasteiger charge is 2.25. The summed E-state index contributed by atoms with van der Waals surface area (Å²) in [6.45, 7) is 6.27. The maximum Gasteiger partial charge on any atom is 0.332 e. The number of thiophene rings is 1. The molecule has 1 saturated heterocycles. The van der Waals surface area contributed by atoms with Gasteiger partial charge in [-0.3, -0.25) is 13.9 Å². The summed E-state index contributed by atoms with van der Waals surface area (Å²) >= 11 is 1.39. The number of urea groups is 1. The van der Waals surface area contributed by atoms with Crippen LogP contribution in [0.3, 0.4) is 0 Å². The van der Waals surface area contributed by atoms with E-state index in [4.69, 9.17) is 9.47 Å². The van der Waals surface area contributed by atoms with Crippen LogP contribution in [0.15, 0.2) is 9.59 Å². The Hall–Kier alpha value is -2.17. The van der Waals surface area contributed by atoms with Crippen molar-refractivity contribution in [2.45, 2.75) is 33.0 Å². The Morgan fingerprint density at radius 3 is 2.57 bits per heavy atom. The number of hydrogen-bond acceptors (Lipinski definition) is 6. The highest BCUT2D eigenvalue weighted by Crippen LogP contribution is 2.29. The Labute approximate surface area is 166 Å². The second-order valence-corrected chi connectivity index (χ2v) is 7.97. The lowest BCUT2D eigenvalue weighted by atomic mass is 10.2. The molecular weight excluding hydrogens is 384 g/mol. The van der Waals surface area contributed by atoms with Gasteiger partial charge in [-0.1, -0.05) is 0 Å². The monoisotopic (exact) mass is 410 g/mol. The van der Waals surface area contributed by atoms with Crippen molar-refractivity contribution < 1.29 is 14.3 Å². The molecule has 0 aromatic carbocycles. The number of aromatic nitrogens is 2. The zero-order valence-corrected chi connectivity index (χ0v) is 17.4. The van der Waals surface area contributed by atoms with E-state index in [-0.39, 0.29) is 23.9 Å². The van der Waals surface area contributed by atoms with E-state index in [9.17, 15) is 14.4 Å². The molecule has 3 rings (SSSR count). The molecule has 0 saturated carbocycles. The number of ether oxygens (including phenoxy) is 2. The van der Waals surface area contributed by atoms with Crippen LogP contribution < -0.4 is 16.6 Å². The van der Waals surface area contributed by atoms with Crippen LogP contribution in [0.4, 0.5) is 4.79 Å². The smallest absolute Gasteiger partial charge is 0.332 e. The van der Waals surface area contributed by atoms with Gasteiger partial charge in [0, 0.05) is 32.2 Å². The predicted molar refractivity (Wildman–Crippen MR) is 107 cm³/mol. The van der Waals surface area contributed by atoms with E-state index in [1.54, 1.807) is 30.6 Å². The minimum atomic E-state index is -0.393. The summed E-state index contributed by atoms with van der Waals surface area (Å²) in [6, 6.07) is -0.505. The lowest BCUT2D eigenvalue weighted by Gasteiger charge is -2.16. The third-order valence-corrected chi connectivity index (χ3v) is 6.29. The van der Waals surface area contributed by atoms with Gasteiger partial charge in [0.2, 0.25) is 0 Å². The molecule has 0 spiro atoms. The summed E-state index contributed by atoms with van der Waals surface area (Å²) in [5.41, 5.74) is 0.129. The quantitative estimate of drug-likeness (QED) is 0.698. The molecule has 10 heteroatoms. The van der Waals surface area contributed by atoms with E-state index < -0.39 is 6.04 Å². The molecule has 1 aliphatic heterocycles. The fraction of sp³-hybridized carbons (Fsp3) is 0.611. The van der Waals surface area contributed by atoms with Crippen LogP contribution in [-0.4, -0.2) is 60.6 Å². The van der Waals surface area contributed by atoms with Gasteiger partial charge in [0.25, 0.3) is 5.56 Å². The van der Waals surface area contributed by atoms with E-state index in [1.807, 2.05) is 6.92 Å². The average Bonchev–Trinajstić information content (AvgIpc) is 3.19. The first-order valence-electron chi connectivity index (χ1n) is 9.18. The summed E-state index contributed by atoms with van der Waals surface area (Å²) in [4.78, 5) is 41.5. The SMILES string of the molecule is COCCn1c(=O)n(C(C)COC)c(=O)c2c(C)c(CN3CCNC3=O)sc21. The summed E-state index contributed by atoms with van der Waals surface area (Å²) in [6.07, 6.45) is 0. The number of nitrogens with zero attached hydrogens (tertiary/aromatic N) is 3. The number of amides is 2. The first-order valence-corrected chi connectivity index (χ1v) is 10.00. The molecule has 1 aliphatic rings. The van der Waals surface area contributed by atoms with Crippen LogP contribution in [0.1, 0.15) is 23.4 Å². The predicted octanol–water partition coefficient (Wildman–Crippen LogP) is 0.912. The van der Waals surface area contributed by atoms with E-state index in [0.717, 1.165) is 10.4 Å². The molecule has 1 fully saturated rings. The van der Waals surface area contributed by atoms with Crippen LogP contribution in [-0.2, 0) is 22.6 Å². The van der Waals surface area contributed by atoms with E-state index in [1.165, 1.54) is 15.9 Å². The van der Waals surface area contributed by atoms with Crippen LogP contribution in [0.5, 0.6) is 0 Å². The molecule has 1 N–H and O–H groups in total. The topological polar surface area (TPSA) is 94.8 Å². The van der Waals surface area contributed by atoms with Crippen molar-refractivity contribution >= 4 is 27.6 Å². The van der Waals surface area contributed by atoms with Gasteiger partial charge in [-0.15, -0.1) is 11.3 Å². The van der Waals surface area contributed by atoms with Gasteiger partial charge in [0.05, 0.1) is 37.7 Å². The van der Waals surface area contributed by atoms with Gasteiger partial charge in [0.15, 0.2) is 0 Å². The maximum absolute atomic E-state index is 13.2. The first kappa shape index (κ1) is 20.6. The molecule has 28 heavy (non-hydrogen) atoms. The standard InChI is InChI=1S/C18H26N4O5S/c1-11(10-27-4)22-15(23)14-12(2)13(9-20-6-5-19-17(20)24)28-16(14)21(18(22)25)7-8-26-3/h11H,5-10H2,1-4H3,(H,19,24). The molecule has 2 aromatic heterocycles. The number of aryl methyl sites for hydroxylation is 1. The molecule has 0 radical (unpaired) electrons. The van der Waals surface area contributed by atoms with Gasteiger partial charge in [-0.05, 0) is 19.4 Å². The summed E-state index contributed by atoms with van der Waals surface area (Å²) < 4.78 is 13.2. The van der Waals surface area contributed by atoms with Crippen molar-refractivity contribution in [3.63, 3.8) is 0 Å². The fourth-order valence-corrected chi connectivity index (χ4v) is 4.81. The Morgan fingerprint density at radius 1 is 1.21 bits per heavy atom. The molecular formula is C18H26N4O5S. The van der Waals surface area contributed by atoms with Crippen molar-refractivity contribution in [3.8, 4) is 0 Å². The Bertz CT molecular complexity index is 992. The molecule has 9 nitrogen and oxygen atoms in total. The Balaban J connectivity index is 2.19. The zero-order chi connectivity index (χ0) is 20.4. The van der Waals surface area contributed by atoms with Crippen molar-refractivity contribution in [3.05, 3.63) is 31.3 Å². The summed E-state index contributed by atoms with van der Waals surface area (Å²) in [5, 5.41) is 3.31. The van der Waals surface area contributed by atoms with Crippen LogP contribution >= 0.6 is 11.3 Å². The third kappa shape index (κ3) is 3.59. The second-order valence-electron chi connectivity index (χ2n) is 6.89. The molecule has 0 bridgehead atoms. The minimum Gasteiger partial charge on any atom is -0.383 e. The van der Waals surface area contributed by atoms with E-state index in [2.05, 4.69) is 5.32 Å². The molecule has 3 heterocycles. The molecule has 1 unspecified atom stereocenters. The second kappa shape index (κ2) is 8.46. The van der Waals surface area contributed by atoms with Crippen LogP contribution in [0.2, 0.25) is 0 Å². The number of fused-ring (bicyclic) bond motifs is 1. The Kier molecular flexibility index (Phi) is 6.21. The number of hydrogen-bond donors (Lipinski definition) is 1. The number of nitrogens with one attached hydrogen (secondary N) is 1. The first-order chi connectivity index (χ1) is 13.4. The zero-order valence-electron chi connectivity index (χ0n) is 16.6. The third-order valence-electron chi connectivity index (χ3n) is 4.99. The number of methoxy groups -OCH3 is 2. The van der Waals surface area contributed by atoms with E-state index in [0.29, 0.717) is 43.0 Å².